The lowest BCUT2D eigenvalue weighted by molar-refractivity contribution is 0.0191. The lowest BCUT2D eigenvalue weighted by Gasteiger charge is -2.33. The first kappa shape index (κ1) is 18.4. The summed E-state index contributed by atoms with van der Waals surface area (Å²) in [7, 11) is -1.10. The molecule has 128 valence electrons. The Bertz CT molecular complexity index is 581. The Morgan fingerprint density at radius 1 is 1.39 bits per heavy atom. The summed E-state index contributed by atoms with van der Waals surface area (Å²) in [6.07, 6.45) is 1.43. The monoisotopic (exact) mass is 402 g/mol. The van der Waals surface area contributed by atoms with Crippen molar-refractivity contribution in [2.24, 2.45) is 5.92 Å². The molecule has 1 aliphatic heterocycles. The van der Waals surface area contributed by atoms with Gasteiger partial charge < -0.3 is 9.64 Å². The average Bonchev–Trinajstić information content (AvgIpc) is 2.46. The van der Waals surface area contributed by atoms with Gasteiger partial charge in [-0.25, -0.2) is 9.78 Å². The number of piperidine rings is 1. The van der Waals surface area contributed by atoms with E-state index in [1.807, 2.05) is 32.9 Å². The maximum Gasteiger partial charge on any atom is 0.410 e. The fraction of sp³-hybridized carbons (Fsp3) is 0.625. The summed E-state index contributed by atoms with van der Waals surface area (Å²) in [6.45, 7) is 6.91. The van der Waals surface area contributed by atoms with Gasteiger partial charge in [0.25, 0.3) is 0 Å². The highest BCUT2D eigenvalue weighted by Gasteiger charge is 2.27. The molecule has 0 aliphatic carbocycles. The molecule has 0 radical (unpaired) electrons. The highest BCUT2D eigenvalue weighted by molar-refractivity contribution is 9.10. The van der Waals surface area contributed by atoms with Crippen LogP contribution < -0.4 is 0 Å². The first-order valence-electron chi connectivity index (χ1n) is 7.73. The molecule has 0 unspecified atom stereocenters. The topological polar surface area (TPSA) is 59.5 Å². The molecule has 1 amide bonds. The molecule has 0 N–H and O–H groups in total. The van der Waals surface area contributed by atoms with Gasteiger partial charge in [-0.05, 0) is 67.6 Å². The van der Waals surface area contributed by atoms with E-state index in [0.717, 1.165) is 12.8 Å². The lowest BCUT2D eigenvalue weighted by Crippen LogP contribution is -2.42. The Balaban J connectivity index is 1.83. The normalized spacial score (nSPS) is 17.8. The number of halogens is 1. The molecular formula is C16H23BrN2O3S. The van der Waals surface area contributed by atoms with Crippen molar-refractivity contribution in [3.05, 3.63) is 22.8 Å². The van der Waals surface area contributed by atoms with Gasteiger partial charge in [0.2, 0.25) is 0 Å². The summed E-state index contributed by atoms with van der Waals surface area (Å²) < 4.78 is 18.5. The van der Waals surface area contributed by atoms with Crippen molar-refractivity contribution in [3.8, 4) is 0 Å². The number of likely N-dealkylation sites (tertiary alicyclic amines) is 1. The average molecular weight is 403 g/mol. The van der Waals surface area contributed by atoms with Crippen LogP contribution in [0, 0.1) is 5.92 Å². The van der Waals surface area contributed by atoms with Crippen molar-refractivity contribution in [1.29, 1.82) is 0 Å². The van der Waals surface area contributed by atoms with E-state index in [1.165, 1.54) is 0 Å². The Hall–Kier alpha value is -0.950. The predicted octanol–water partition coefficient (Wildman–Crippen LogP) is 3.60. The van der Waals surface area contributed by atoms with Crippen LogP contribution in [0.25, 0.3) is 0 Å². The molecule has 1 aromatic rings. The molecule has 23 heavy (non-hydrogen) atoms. The standard InChI is InChI=1S/C16H23BrN2O3S/c1-16(2,3)22-15(20)19-9-7-12(8-10-19)11-23(21)14-6-4-5-13(17)18-14/h4-6,12H,7-11H2,1-3H3/t23-/m1/s1. The maximum atomic E-state index is 12.4. The van der Waals surface area contributed by atoms with Crippen molar-refractivity contribution in [3.63, 3.8) is 0 Å². The van der Waals surface area contributed by atoms with E-state index in [9.17, 15) is 9.00 Å². The van der Waals surface area contributed by atoms with Crippen LogP contribution in [-0.4, -0.2) is 44.6 Å². The number of carbonyl (C=O) groups excluding carboxylic acids is 1. The Kier molecular flexibility index (Phi) is 6.19. The third-order valence-corrected chi connectivity index (χ3v) is 5.49. The van der Waals surface area contributed by atoms with Crippen molar-refractivity contribution in [2.45, 2.75) is 44.2 Å². The van der Waals surface area contributed by atoms with Crippen molar-refractivity contribution < 1.29 is 13.7 Å². The summed E-state index contributed by atoms with van der Waals surface area (Å²) in [5.41, 5.74) is -0.470. The van der Waals surface area contributed by atoms with E-state index < -0.39 is 16.4 Å². The van der Waals surface area contributed by atoms with E-state index in [-0.39, 0.29) is 6.09 Å². The summed E-state index contributed by atoms with van der Waals surface area (Å²) in [5, 5.41) is 0.606. The zero-order valence-electron chi connectivity index (χ0n) is 13.8. The molecule has 0 saturated carbocycles. The molecular weight excluding hydrogens is 380 g/mol. The second-order valence-electron chi connectivity index (χ2n) is 6.72. The molecule has 1 atom stereocenters. The number of rotatable bonds is 3. The van der Waals surface area contributed by atoms with E-state index in [2.05, 4.69) is 20.9 Å². The first-order valence-corrected chi connectivity index (χ1v) is 9.84. The molecule has 7 heteroatoms. The highest BCUT2D eigenvalue weighted by Crippen LogP contribution is 2.22. The van der Waals surface area contributed by atoms with E-state index in [1.54, 1.807) is 11.0 Å². The van der Waals surface area contributed by atoms with Crippen molar-refractivity contribution >= 4 is 32.8 Å². The number of aromatic nitrogens is 1. The van der Waals surface area contributed by atoms with Crippen molar-refractivity contribution in [2.75, 3.05) is 18.8 Å². The van der Waals surface area contributed by atoms with Crippen LogP contribution in [-0.2, 0) is 15.5 Å². The molecule has 2 heterocycles. The Morgan fingerprint density at radius 2 is 2.04 bits per heavy atom. The zero-order chi connectivity index (χ0) is 17.0. The van der Waals surface area contributed by atoms with Gasteiger partial charge in [0.05, 0.1) is 10.8 Å². The number of hydrogen-bond acceptors (Lipinski definition) is 4. The third kappa shape index (κ3) is 5.88. The second-order valence-corrected chi connectivity index (χ2v) is 8.98. The molecule has 1 aromatic heterocycles. The van der Waals surface area contributed by atoms with Gasteiger partial charge in [-0.3, -0.25) is 4.21 Å². The van der Waals surface area contributed by atoms with E-state index in [4.69, 9.17) is 4.74 Å². The quantitative estimate of drug-likeness (QED) is 0.724. The fourth-order valence-electron chi connectivity index (χ4n) is 2.42. The molecule has 1 fully saturated rings. The van der Waals surface area contributed by atoms with Gasteiger partial charge in [-0.1, -0.05) is 6.07 Å². The van der Waals surface area contributed by atoms with Crippen LogP contribution in [0.5, 0.6) is 0 Å². The number of ether oxygens (including phenoxy) is 1. The molecule has 0 aromatic carbocycles. The molecule has 1 aliphatic rings. The molecule has 0 bridgehead atoms. The van der Waals surface area contributed by atoms with Crippen LogP contribution in [0.3, 0.4) is 0 Å². The number of hydrogen-bond donors (Lipinski definition) is 0. The number of pyridine rings is 1. The van der Waals surface area contributed by atoms with E-state index >= 15 is 0 Å². The third-order valence-electron chi connectivity index (χ3n) is 3.58. The minimum Gasteiger partial charge on any atom is -0.444 e. The molecule has 0 spiro atoms. The summed E-state index contributed by atoms with van der Waals surface area (Å²) >= 11 is 3.30. The second kappa shape index (κ2) is 7.75. The van der Waals surface area contributed by atoms with Gasteiger partial charge in [0.1, 0.15) is 15.2 Å². The van der Waals surface area contributed by atoms with Gasteiger partial charge >= 0.3 is 6.09 Å². The van der Waals surface area contributed by atoms with Crippen molar-refractivity contribution in [1.82, 2.24) is 9.88 Å². The van der Waals surface area contributed by atoms with Crippen LogP contribution in [0.2, 0.25) is 0 Å². The summed E-state index contributed by atoms with van der Waals surface area (Å²) in [4.78, 5) is 18.0. The molecule has 1 saturated heterocycles. The van der Waals surface area contributed by atoms with Crippen LogP contribution >= 0.6 is 15.9 Å². The minimum absolute atomic E-state index is 0.259. The number of amides is 1. The van der Waals surface area contributed by atoms with Crippen LogP contribution in [0.4, 0.5) is 4.79 Å². The fourth-order valence-corrected chi connectivity index (χ4v) is 4.25. The maximum absolute atomic E-state index is 12.4. The summed E-state index contributed by atoms with van der Waals surface area (Å²) in [6, 6.07) is 5.45. The largest absolute Gasteiger partial charge is 0.444 e. The SMILES string of the molecule is CC(C)(C)OC(=O)N1CCC(C[S@@](=O)c2cccc(Br)n2)CC1. The van der Waals surface area contributed by atoms with E-state index in [0.29, 0.717) is 34.4 Å². The molecule has 2 rings (SSSR count). The first-order chi connectivity index (χ1) is 10.7. The Morgan fingerprint density at radius 3 is 2.61 bits per heavy atom. The molecule has 5 nitrogen and oxygen atoms in total. The predicted molar refractivity (Wildman–Crippen MR) is 93.7 cm³/mol. The van der Waals surface area contributed by atoms with Gasteiger partial charge in [0.15, 0.2) is 0 Å². The number of carbonyl (C=O) groups is 1. The van der Waals surface area contributed by atoms with Gasteiger partial charge in [-0.2, -0.15) is 0 Å². The van der Waals surface area contributed by atoms with Gasteiger partial charge in [0, 0.05) is 18.8 Å². The Labute approximate surface area is 148 Å². The van der Waals surface area contributed by atoms with Crippen LogP contribution in [0.15, 0.2) is 27.8 Å². The zero-order valence-corrected chi connectivity index (χ0v) is 16.2. The lowest BCUT2D eigenvalue weighted by atomic mass is 9.99. The highest BCUT2D eigenvalue weighted by atomic mass is 79.9. The summed E-state index contributed by atoms with van der Waals surface area (Å²) in [5.74, 6) is 0.932. The smallest absolute Gasteiger partial charge is 0.410 e. The van der Waals surface area contributed by atoms with Crippen LogP contribution in [0.1, 0.15) is 33.6 Å². The minimum atomic E-state index is -1.10. The number of nitrogens with zero attached hydrogens (tertiary/aromatic N) is 2. The van der Waals surface area contributed by atoms with Gasteiger partial charge in [-0.15, -0.1) is 0 Å².